The number of nitrogens with zero attached hydrogens (tertiary/aromatic N) is 2. The van der Waals surface area contributed by atoms with Gasteiger partial charge in [0.25, 0.3) is 0 Å². The van der Waals surface area contributed by atoms with Crippen LogP contribution in [0.4, 0.5) is 4.79 Å². The number of urea groups is 1. The Morgan fingerprint density at radius 3 is 2.10 bits per heavy atom. The highest BCUT2D eigenvalue weighted by atomic mass is 16.4. The number of hydrogen-bond acceptors (Lipinski definition) is 3. The predicted octanol–water partition coefficient (Wildman–Crippen LogP) is 0.634. The van der Waals surface area contributed by atoms with Gasteiger partial charge in [-0.05, 0) is 31.1 Å². The summed E-state index contributed by atoms with van der Waals surface area (Å²) in [4.78, 5) is 36.8. The number of carboxylic acids is 1. The van der Waals surface area contributed by atoms with Crippen LogP contribution in [0.1, 0.15) is 38.5 Å². The van der Waals surface area contributed by atoms with Gasteiger partial charge in [-0.2, -0.15) is 0 Å². The van der Waals surface area contributed by atoms with Crippen LogP contribution >= 0.6 is 0 Å². The number of carbonyl (C=O) groups is 3. The van der Waals surface area contributed by atoms with Crippen LogP contribution in [0.3, 0.4) is 0 Å². The Bertz CT molecular complexity index is 406. The summed E-state index contributed by atoms with van der Waals surface area (Å²) in [6.07, 6.45) is 6.93. The molecule has 7 nitrogen and oxygen atoms in total. The summed E-state index contributed by atoms with van der Waals surface area (Å²) in [5, 5.41) is 8.85. The number of primary amides is 1. The fraction of sp³-hybridized carbons (Fsp3) is 0.786. The molecule has 1 heterocycles. The van der Waals surface area contributed by atoms with Crippen LogP contribution in [0.5, 0.6) is 0 Å². The molecule has 3 amide bonds. The summed E-state index contributed by atoms with van der Waals surface area (Å²) in [5.41, 5.74) is 5.47. The first-order valence-electron chi connectivity index (χ1n) is 7.46. The SMILES string of the molecule is NC(=O)CN(CC(=O)O)C(=O)N1CCC2(CCCC2)CC1. The largest absolute Gasteiger partial charge is 0.480 e. The van der Waals surface area contributed by atoms with E-state index < -0.39 is 24.5 Å². The number of carbonyl (C=O) groups excluding carboxylic acids is 2. The van der Waals surface area contributed by atoms with Gasteiger partial charge in [0.2, 0.25) is 5.91 Å². The first-order chi connectivity index (χ1) is 9.92. The van der Waals surface area contributed by atoms with Crippen LogP contribution in [0.2, 0.25) is 0 Å². The van der Waals surface area contributed by atoms with E-state index in [1.54, 1.807) is 4.90 Å². The standard InChI is InChI=1S/C14H23N3O4/c15-11(18)9-17(10-12(19)20)13(21)16-7-5-14(6-8-16)3-1-2-4-14/h1-10H2,(H2,15,18)(H,19,20). The van der Waals surface area contributed by atoms with Gasteiger partial charge < -0.3 is 20.6 Å². The third-order valence-corrected chi connectivity index (χ3v) is 4.70. The fourth-order valence-electron chi connectivity index (χ4n) is 3.54. The van der Waals surface area contributed by atoms with Crippen molar-refractivity contribution >= 4 is 17.9 Å². The molecule has 1 aliphatic carbocycles. The van der Waals surface area contributed by atoms with Crippen LogP contribution in [-0.2, 0) is 9.59 Å². The van der Waals surface area contributed by atoms with Crippen molar-refractivity contribution in [3.8, 4) is 0 Å². The maximum atomic E-state index is 12.4. The highest BCUT2D eigenvalue weighted by molar-refractivity contribution is 5.86. The van der Waals surface area contributed by atoms with Crippen molar-refractivity contribution in [2.75, 3.05) is 26.2 Å². The molecule has 0 bridgehead atoms. The van der Waals surface area contributed by atoms with E-state index in [0.717, 1.165) is 17.7 Å². The molecule has 0 atom stereocenters. The van der Waals surface area contributed by atoms with Crippen molar-refractivity contribution in [3.63, 3.8) is 0 Å². The number of carboxylic acid groups (broad SMARTS) is 1. The summed E-state index contributed by atoms with van der Waals surface area (Å²) in [7, 11) is 0. The normalized spacial score (nSPS) is 20.5. The monoisotopic (exact) mass is 297 g/mol. The van der Waals surface area contributed by atoms with Crippen molar-refractivity contribution in [2.45, 2.75) is 38.5 Å². The molecule has 3 N–H and O–H groups in total. The van der Waals surface area contributed by atoms with Crippen LogP contribution in [0, 0.1) is 5.41 Å². The second kappa shape index (κ2) is 6.32. The summed E-state index contributed by atoms with van der Waals surface area (Å²) in [6, 6.07) is -0.399. The zero-order chi connectivity index (χ0) is 15.5. The molecule has 0 aromatic heterocycles. The van der Waals surface area contributed by atoms with Crippen molar-refractivity contribution in [1.82, 2.24) is 9.80 Å². The number of nitrogens with two attached hydrogens (primary N) is 1. The molecule has 0 radical (unpaired) electrons. The Hall–Kier alpha value is -1.79. The Labute approximate surface area is 124 Å². The van der Waals surface area contributed by atoms with E-state index in [1.807, 2.05) is 0 Å². The summed E-state index contributed by atoms with van der Waals surface area (Å²) >= 11 is 0. The Balaban J connectivity index is 1.94. The maximum Gasteiger partial charge on any atom is 0.323 e. The molecule has 2 rings (SSSR count). The average molecular weight is 297 g/mol. The Morgan fingerprint density at radius 2 is 1.62 bits per heavy atom. The number of aliphatic carboxylic acids is 1. The van der Waals surface area contributed by atoms with Gasteiger partial charge >= 0.3 is 12.0 Å². The highest BCUT2D eigenvalue weighted by Gasteiger charge is 2.39. The minimum absolute atomic E-state index is 0.354. The third-order valence-electron chi connectivity index (χ3n) is 4.70. The van der Waals surface area contributed by atoms with Crippen LogP contribution in [-0.4, -0.2) is 59.0 Å². The molecule has 1 spiro atoms. The Kier molecular flexibility index (Phi) is 4.69. The molecule has 2 aliphatic rings. The van der Waals surface area contributed by atoms with E-state index in [0.29, 0.717) is 18.5 Å². The predicted molar refractivity (Wildman–Crippen MR) is 75.5 cm³/mol. The lowest BCUT2D eigenvalue weighted by Crippen LogP contribution is -2.51. The van der Waals surface area contributed by atoms with Gasteiger partial charge in [-0.15, -0.1) is 0 Å². The molecule has 118 valence electrons. The van der Waals surface area contributed by atoms with Crippen molar-refractivity contribution in [3.05, 3.63) is 0 Å². The van der Waals surface area contributed by atoms with Gasteiger partial charge in [0.1, 0.15) is 13.1 Å². The summed E-state index contributed by atoms with van der Waals surface area (Å²) in [6.45, 7) is 0.414. The summed E-state index contributed by atoms with van der Waals surface area (Å²) in [5.74, 6) is -1.84. The van der Waals surface area contributed by atoms with E-state index in [9.17, 15) is 14.4 Å². The van der Waals surface area contributed by atoms with E-state index in [2.05, 4.69) is 0 Å². The maximum absolute atomic E-state index is 12.4. The molecule has 0 aromatic rings. The van der Waals surface area contributed by atoms with E-state index in [1.165, 1.54) is 25.7 Å². The lowest BCUT2D eigenvalue weighted by atomic mass is 9.77. The second-order valence-corrected chi connectivity index (χ2v) is 6.19. The first-order valence-corrected chi connectivity index (χ1v) is 7.46. The van der Waals surface area contributed by atoms with Gasteiger partial charge in [-0.3, -0.25) is 9.59 Å². The number of hydrogen-bond donors (Lipinski definition) is 2. The van der Waals surface area contributed by atoms with Crippen molar-refractivity contribution < 1.29 is 19.5 Å². The zero-order valence-electron chi connectivity index (χ0n) is 12.2. The van der Waals surface area contributed by atoms with E-state index in [-0.39, 0.29) is 6.54 Å². The minimum Gasteiger partial charge on any atom is -0.480 e. The highest BCUT2D eigenvalue weighted by Crippen LogP contribution is 2.46. The van der Waals surface area contributed by atoms with Crippen LogP contribution in [0.25, 0.3) is 0 Å². The molecule has 21 heavy (non-hydrogen) atoms. The second-order valence-electron chi connectivity index (χ2n) is 6.19. The van der Waals surface area contributed by atoms with Crippen molar-refractivity contribution in [2.24, 2.45) is 11.1 Å². The number of rotatable bonds is 4. The molecule has 0 unspecified atom stereocenters. The molecule has 1 saturated carbocycles. The number of likely N-dealkylation sites (tertiary alicyclic amines) is 1. The molecular formula is C14H23N3O4. The number of piperidine rings is 1. The molecule has 2 fully saturated rings. The quantitative estimate of drug-likeness (QED) is 0.794. The molecule has 7 heteroatoms. The van der Waals surface area contributed by atoms with Gasteiger partial charge in [-0.25, -0.2) is 4.79 Å². The van der Waals surface area contributed by atoms with Gasteiger partial charge in [0.15, 0.2) is 0 Å². The summed E-state index contributed by atoms with van der Waals surface area (Å²) < 4.78 is 0. The van der Waals surface area contributed by atoms with Gasteiger partial charge in [-0.1, -0.05) is 12.8 Å². The van der Waals surface area contributed by atoms with Gasteiger partial charge in [0.05, 0.1) is 0 Å². The van der Waals surface area contributed by atoms with Gasteiger partial charge in [0, 0.05) is 13.1 Å². The Morgan fingerprint density at radius 1 is 1.05 bits per heavy atom. The molecule has 0 aromatic carbocycles. The lowest BCUT2D eigenvalue weighted by molar-refractivity contribution is -0.138. The minimum atomic E-state index is -1.14. The number of amides is 3. The van der Waals surface area contributed by atoms with Crippen LogP contribution < -0.4 is 5.73 Å². The van der Waals surface area contributed by atoms with Crippen LogP contribution in [0.15, 0.2) is 0 Å². The molecule has 1 aliphatic heterocycles. The smallest absolute Gasteiger partial charge is 0.323 e. The topological polar surface area (TPSA) is 104 Å². The first kappa shape index (κ1) is 15.6. The third kappa shape index (κ3) is 3.86. The lowest BCUT2D eigenvalue weighted by Gasteiger charge is -2.40. The molecule has 1 saturated heterocycles. The average Bonchev–Trinajstić information content (AvgIpc) is 2.85. The zero-order valence-corrected chi connectivity index (χ0v) is 12.2. The van der Waals surface area contributed by atoms with E-state index >= 15 is 0 Å². The molecular weight excluding hydrogens is 274 g/mol. The van der Waals surface area contributed by atoms with E-state index in [4.69, 9.17) is 10.8 Å². The fourth-order valence-corrected chi connectivity index (χ4v) is 3.54. The van der Waals surface area contributed by atoms with Crippen molar-refractivity contribution in [1.29, 1.82) is 0 Å².